The van der Waals surface area contributed by atoms with Crippen LogP contribution in [0.5, 0.6) is 11.5 Å². The molecule has 0 aromatic heterocycles. The lowest BCUT2D eigenvalue weighted by molar-refractivity contribution is 0.354. The van der Waals surface area contributed by atoms with Crippen LogP contribution in [0.3, 0.4) is 0 Å². The highest BCUT2D eigenvalue weighted by Gasteiger charge is 2.19. The highest BCUT2D eigenvalue weighted by atomic mass is 35.5. The smallest absolute Gasteiger partial charge is 0.262 e. The van der Waals surface area contributed by atoms with E-state index >= 15 is 0 Å². The van der Waals surface area contributed by atoms with Gasteiger partial charge in [0, 0.05) is 16.8 Å². The normalized spacial score (nSPS) is 11.6. The molecule has 170 valence electrons. The van der Waals surface area contributed by atoms with Gasteiger partial charge in [-0.3, -0.25) is 9.44 Å². The Kier molecular flexibility index (Phi) is 6.87. The standard InChI is InChI=1S/C21H21ClN2O6S2/c1-14-4-5-15(22)12-19(14)24-31(25,26)17-8-6-16(7-9-17)23-32(27,28)18-10-11-20(29-2)21(13-18)30-3/h4-13,23-24H,1-3H3. The third kappa shape index (κ3) is 5.26. The van der Waals surface area contributed by atoms with Gasteiger partial charge in [-0.1, -0.05) is 17.7 Å². The van der Waals surface area contributed by atoms with E-state index in [4.69, 9.17) is 21.1 Å². The number of hydrogen-bond donors (Lipinski definition) is 2. The number of sulfonamides is 2. The molecule has 0 heterocycles. The van der Waals surface area contributed by atoms with E-state index in [0.717, 1.165) is 0 Å². The average Bonchev–Trinajstić information content (AvgIpc) is 2.75. The molecule has 0 fully saturated rings. The maximum Gasteiger partial charge on any atom is 0.262 e. The number of hydrogen-bond acceptors (Lipinski definition) is 6. The van der Waals surface area contributed by atoms with Crippen molar-refractivity contribution in [3.8, 4) is 11.5 Å². The molecule has 0 saturated carbocycles. The van der Waals surface area contributed by atoms with Crippen LogP contribution >= 0.6 is 11.6 Å². The highest BCUT2D eigenvalue weighted by molar-refractivity contribution is 7.93. The van der Waals surface area contributed by atoms with Crippen molar-refractivity contribution in [2.75, 3.05) is 23.7 Å². The zero-order valence-corrected chi connectivity index (χ0v) is 19.8. The third-order valence-corrected chi connectivity index (χ3v) is 7.52. The molecule has 0 aliphatic heterocycles. The molecule has 0 aliphatic rings. The lowest BCUT2D eigenvalue weighted by Gasteiger charge is -2.13. The summed E-state index contributed by atoms with van der Waals surface area (Å²) in [5.41, 5.74) is 1.26. The minimum absolute atomic E-state index is 0.0362. The van der Waals surface area contributed by atoms with Gasteiger partial charge in [-0.2, -0.15) is 0 Å². The van der Waals surface area contributed by atoms with E-state index in [0.29, 0.717) is 22.0 Å². The highest BCUT2D eigenvalue weighted by Crippen LogP contribution is 2.30. The minimum atomic E-state index is -3.94. The first kappa shape index (κ1) is 23.7. The molecule has 0 bridgehead atoms. The molecular weight excluding hydrogens is 476 g/mol. The largest absolute Gasteiger partial charge is 0.493 e. The lowest BCUT2D eigenvalue weighted by atomic mass is 10.2. The Morgan fingerprint density at radius 3 is 1.94 bits per heavy atom. The molecule has 3 aromatic rings. The van der Waals surface area contributed by atoms with Gasteiger partial charge in [0.1, 0.15) is 0 Å². The first-order valence-electron chi connectivity index (χ1n) is 9.19. The fourth-order valence-electron chi connectivity index (χ4n) is 2.81. The number of nitrogens with one attached hydrogen (secondary N) is 2. The van der Waals surface area contributed by atoms with E-state index in [1.54, 1.807) is 19.1 Å². The summed E-state index contributed by atoms with van der Waals surface area (Å²) in [7, 11) is -4.99. The topological polar surface area (TPSA) is 111 Å². The van der Waals surface area contributed by atoms with Crippen LogP contribution in [0.1, 0.15) is 5.56 Å². The fourth-order valence-corrected chi connectivity index (χ4v) is 5.18. The quantitative estimate of drug-likeness (QED) is 0.482. The van der Waals surface area contributed by atoms with Gasteiger partial charge in [-0.25, -0.2) is 16.8 Å². The second kappa shape index (κ2) is 9.27. The first-order valence-corrected chi connectivity index (χ1v) is 12.5. The predicted octanol–water partition coefficient (Wildman–Crippen LogP) is 4.27. The van der Waals surface area contributed by atoms with Crippen molar-refractivity contribution in [2.24, 2.45) is 0 Å². The molecule has 0 spiro atoms. The van der Waals surface area contributed by atoms with E-state index in [1.807, 2.05) is 0 Å². The Labute approximate surface area is 192 Å². The molecular formula is C21H21ClN2O6S2. The molecule has 32 heavy (non-hydrogen) atoms. The molecule has 0 atom stereocenters. The zero-order chi connectivity index (χ0) is 23.5. The molecule has 0 radical (unpaired) electrons. The molecule has 11 heteroatoms. The van der Waals surface area contributed by atoms with Crippen molar-refractivity contribution in [1.82, 2.24) is 0 Å². The van der Waals surface area contributed by atoms with Crippen LogP contribution in [0.2, 0.25) is 5.02 Å². The van der Waals surface area contributed by atoms with E-state index in [-0.39, 0.29) is 21.2 Å². The van der Waals surface area contributed by atoms with Gasteiger partial charge in [0.25, 0.3) is 20.0 Å². The van der Waals surface area contributed by atoms with Crippen LogP contribution in [-0.2, 0) is 20.0 Å². The maximum atomic E-state index is 12.7. The average molecular weight is 497 g/mol. The summed E-state index contributed by atoms with van der Waals surface area (Å²) in [6.07, 6.45) is 0. The molecule has 0 aliphatic carbocycles. The Morgan fingerprint density at radius 2 is 1.31 bits per heavy atom. The number of rotatable bonds is 8. The summed E-state index contributed by atoms with van der Waals surface area (Å²) in [4.78, 5) is -0.0733. The summed E-state index contributed by atoms with van der Waals surface area (Å²) in [5.74, 6) is 0.655. The van der Waals surface area contributed by atoms with Crippen molar-refractivity contribution in [3.63, 3.8) is 0 Å². The summed E-state index contributed by atoms with van der Waals surface area (Å²) >= 11 is 5.95. The fraction of sp³-hybridized carbons (Fsp3) is 0.143. The van der Waals surface area contributed by atoms with Crippen LogP contribution in [0.15, 0.2) is 70.5 Å². The van der Waals surface area contributed by atoms with Gasteiger partial charge in [-0.15, -0.1) is 0 Å². The number of ether oxygens (including phenoxy) is 2. The second-order valence-corrected chi connectivity index (χ2v) is 10.5. The molecule has 8 nitrogen and oxygen atoms in total. The first-order chi connectivity index (χ1) is 15.1. The molecule has 0 saturated heterocycles. The van der Waals surface area contributed by atoms with Crippen molar-refractivity contribution in [1.29, 1.82) is 0 Å². The van der Waals surface area contributed by atoms with E-state index in [1.165, 1.54) is 62.8 Å². The Hall–Kier alpha value is -2.95. The van der Waals surface area contributed by atoms with Gasteiger partial charge in [0.2, 0.25) is 0 Å². The van der Waals surface area contributed by atoms with Crippen LogP contribution in [-0.4, -0.2) is 31.1 Å². The molecule has 3 aromatic carbocycles. The minimum Gasteiger partial charge on any atom is -0.493 e. The Morgan fingerprint density at radius 1 is 0.719 bits per heavy atom. The monoisotopic (exact) mass is 496 g/mol. The van der Waals surface area contributed by atoms with Gasteiger partial charge in [-0.05, 0) is 61.0 Å². The van der Waals surface area contributed by atoms with Crippen molar-refractivity contribution < 1.29 is 26.3 Å². The number of anilines is 2. The molecule has 3 rings (SSSR count). The SMILES string of the molecule is COc1ccc(S(=O)(=O)Nc2ccc(S(=O)(=O)Nc3cc(Cl)ccc3C)cc2)cc1OC. The molecule has 0 amide bonds. The summed E-state index contributed by atoms with van der Waals surface area (Å²) in [5, 5.41) is 0.396. The zero-order valence-electron chi connectivity index (χ0n) is 17.4. The second-order valence-electron chi connectivity index (χ2n) is 6.71. The van der Waals surface area contributed by atoms with Crippen LogP contribution < -0.4 is 18.9 Å². The van der Waals surface area contributed by atoms with Gasteiger partial charge >= 0.3 is 0 Å². The molecule has 2 N–H and O–H groups in total. The lowest BCUT2D eigenvalue weighted by Crippen LogP contribution is -2.15. The van der Waals surface area contributed by atoms with Crippen molar-refractivity contribution in [3.05, 3.63) is 71.2 Å². The van der Waals surface area contributed by atoms with Gasteiger partial charge in [0.05, 0.1) is 29.7 Å². The van der Waals surface area contributed by atoms with Gasteiger partial charge < -0.3 is 9.47 Å². The maximum absolute atomic E-state index is 12.7. The van der Waals surface area contributed by atoms with Crippen LogP contribution in [0, 0.1) is 6.92 Å². The van der Waals surface area contributed by atoms with E-state index < -0.39 is 20.0 Å². The van der Waals surface area contributed by atoms with Crippen molar-refractivity contribution in [2.45, 2.75) is 16.7 Å². The number of halogens is 1. The summed E-state index contributed by atoms with van der Waals surface area (Å²) < 4.78 is 66.0. The van der Waals surface area contributed by atoms with Gasteiger partial charge in [0.15, 0.2) is 11.5 Å². The summed E-state index contributed by atoms with van der Waals surface area (Å²) in [6, 6.07) is 14.4. The Bertz CT molecular complexity index is 1340. The Balaban J connectivity index is 1.81. The van der Waals surface area contributed by atoms with Crippen LogP contribution in [0.4, 0.5) is 11.4 Å². The molecule has 0 unspecified atom stereocenters. The summed E-state index contributed by atoms with van der Waals surface area (Å²) in [6.45, 7) is 1.75. The van der Waals surface area contributed by atoms with Crippen LogP contribution in [0.25, 0.3) is 0 Å². The predicted molar refractivity (Wildman–Crippen MR) is 124 cm³/mol. The third-order valence-electron chi connectivity index (χ3n) is 4.53. The van der Waals surface area contributed by atoms with E-state index in [9.17, 15) is 16.8 Å². The number of aryl methyl sites for hydroxylation is 1. The van der Waals surface area contributed by atoms with E-state index in [2.05, 4.69) is 9.44 Å². The number of methoxy groups -OCH3 is 2. The van der Waals surface area contributed by atoms with Crippen molar-refractivity contribution >= 4 is 43.0 Å². The number of benzene rings is 3.